The van der Waals surface area contributed by atoms with Gasteiger partial charge in [-0.1, -0.05) is 19.4 Å². The van der Waals surface area contributed by atoms with Gasteiger partial charge in [-0.15, -0.1) is 0 Å². The molecule has 0 aliphatic carbocycles. The Balaban J connectivity index is 2.16. The van der Waals surface area contributed by atoms with Crippen LogP contribution in [0, 0.1) is 0 Å². The van der Waals surface area contributed by atoms with Crippen LogP contribution in [-0.2, 0) is 4.74 Å². The van der Waals surface area contributed by atoms with Crippen LogP contribution in [0.25, 0.3) is 10.9 Å². The number of nitrogens with one attached hydrogen (secondary N) is 2. The van der Waals surface area contributed by atoms with E-state index in [1.807, 2.05) is 30.5 Å². The quantitative estimate of drug-likeness (QED) is 0.839. The molecule has 0 bridgehead atoms. The van der Waals surface area contributed by atoms with Crippen LogP contribution in [0.1, 0.15) is 30.1 Å². The Kier molecular flexibility index (Phi) is 4.58. The Hall–Kier alpha value is -1.81. The molecule has 0 fully saturated rings. The molecular weight excluding hydrogens is 240 g/mol. The summed E-state index contributed by atoms with van der Waals surface area (Å²) in [6, 6.07) is 7.69. The third-order valence-corrected chi connectivity index (χ3v) is 3.18. The van der Waals surface area contributed by atoms with Crippen molar-refractivity contribution in [2.24, 2.45) is 0 Å². The van der Waals surface area contributed by atoms with E-state index < -0.39 is 0 Å². The number of hydrogen-bond donors (Lipinski definition) is 2. The highest BCUT2D eigenvalue weighted by atomic mass is 16.5. The van der Waals surface area contributed by atoms with Gasteiger partial charge in [0.15, 0.2) is 0 Å². The predicted molar refractivity (Wildman–Crippen MR) is 76.3 cm³/mol. The van der Waals surface area contributed by atoms with E-state index in [9.17, 15) is 4.79 Å². The first-order valence-corrected chi connectivity index (χ1v) is 6.62. The van der Waals surface area contributed by atoms with Gasteiger partial charge in [-0.3, -0.25) is 4.79 Å². The molecule has 4 heteroatoms. The minimum Gasteiger partial charge on any atom is -0.383 e. The molecule has 2 N–H and O–H groups in total. The van der Waals surface area contributed by atoms with Gasteiger partial charge in [0.1, 0.15) is 0 Å². The fourth-order valence-corrected chi connectivity index (χ4v) is 2.29. The number of ether oxygens (including phenoxy) is 1. The van der Waals surface area contributed by atoms with E-state index >= 15 is 0 Å². The third-order valence-electron chi connectivity index (χ3n) is 3.18. The zero-order valence-electron chi connectivity index (χ0n) is 11.4. The van der Waals surface area contributed by atoms with Crippen molar-refractivity contribution in [3.63, 3.8) is 0 Å². The summed E-state index contributed by atoms with van der Waals surface area (Å²) in [5, 5.41) is 3.99. The predicted octanol–water partition coefficient (Wildman–Crippen LogP) is 2.71. The van der Waals surface area contributed by atoms with Crippen LogP contribution < -0.4 is 5.32 Å². The molecule has 0 radical (unpaired) electrons. The first kappa shape index (κ1) is 13.6. The first-order valence-electron chi connectivity index (χ1n) is 6.62. The maximum atomic E-state index is 12.3. The molecule has 1 unspecified atom stereocenters. The highest BCUT2D eigenvalue weighted by Crippen LogP contribution is 2.17. The van der Waals surface area contributed by atoms with Gasteiger partial charge in [-0.25, -0.2) is 0 Å². The maximum absolute atomic E-state index is 12.3. The highest BCUT2D eigenvalue weighted by Gasteiger charge is 2.15. The van der Waals surface area contributed by atoms with Crippen molar-refractivity contribution in [1.29, 1.82) is 0 Å². The molecule has 102 valence electrons. The Labute approximate surface area is 113 Å². The Bertz CT molecular complexity index is 542. The molecule has 2 aromatic rings. The summed E-state index contributed by atoms with van der Waals surface area (Å²) in [6.45, 7) is 2.64. The number of carbonyl (C=O) groups excluding carboxylic acids is 1. The van der Waals surface area contributed by atoms with Gasteiger partial charge in [0.05, 0.1) is 12.6 Å². The van der Waals surface area contributed by atoms with E-state index in [4.69, 9.17) is 4.74 Å². The Morgan fingerprint density at radius 2 is 2.26 bits per heavy atom. The monoisotopic (exact) mass is 260 g/mol. The van der Waals surface area contributed by atoms with Gasteiger partial charge in [-0.05, 0) is 24.6 Å². The van der Waals surface area contributed by atoms with Crippen molar-refractivity contribution in [1.82, 2.24) is 10.3 Å². The van der Waals surface area contributed by atoms with Gasteiger partial charge in [0.25, 0.3) is 5.91 Å². The Morgan fingerprint density at radius 3 is 3.00 bits per heavy atom. The molecule has 1 atom stereocenters. The molecule has 1 aromatic carbocycles. The van der Waals surface area contributed by atoms with E-state index in [-0.39, 0.29) is 11.9 Å². The zero-order valence-corrected chi connectivity index (χ0v) is 11.4. The number of benzene rings is 1. The number of hydrogen-bond acceptors (Lipinski definition) is 2. The topological polar surface area (TPSA) is 54.1 Å². The van der Waals surface area contributed by atoms with Crippen LogP contribution in [-0.4, -0.2) is 30.6 Å². The van der Waals surface area contributed by atoms with E-state index in [2.05, 4.69) is 17.2 Å². The van der Waals surface area contributed by atoms with Crippen LogP contribution in [0.5, 0.6) is 0 Å². The number of aromatic nitrogens is 1. The molecule has 0 aliphatic rings. The fraction of sp³-hybridized carbons (Fsp3) is 0.400. The summed E-state index contributed by atoms with van der Waals surface area (Å²) in [5.74, 6) is -0.0410. The van der Waals surface area contributed by atoms with Crippen LogP contribution in [0.15, 0.2) is 30.5 Å². The normalized spacial score (nSPS) is 12.5. The standard InChI is InChI=1S/C15H20N2O2/c1-3-5-11(10-19-2)17-15(18)13-6-4-7-14-12(13)8-9-16-14/h4,6-9,11,16H,3,5,10H2,1-2H3,(H,17,18). The molecule has 19 heavy (non-hydrogen) atoms. The summed E-state index contributed by atoms with van der Waals surface area (Å²) >= 11 is 0. The number of rotatable bonds is 6. The number of methoxy groups -OCH3 is 1. The fourth-order valence-electron chi connectivity index (χ4n) is 2.29. The maximum Gasteiger partial charge on any atom is 0.252 e. The SMILES string of the molecule is CCCC(COC)NC(=O)c1cccc2[nH]ccc12. The average Bonchev–Trinajstić information content (AvgIpc) is 2.87. The van der Waals surface area contributed by atoms with Crippen molar-refractivity contribution in [3.8, 4) is 0 Å². The second-order valence-corrected chi connectivity index (χ2v) is 4.66. The minimum atomic E-state index is -0.0410. The lowest BCUT2D eigenvalue weighted by Crippen LogP contribution is -2.38. The molecule has 4 nitrogen and oxygen atoms in total. The molecular formula is C15H20N2O2. The lowest BCUT2D eigenvalue weighted by atomic mass is 10.1. The average molecular weight is 260 g/mol. The summed E-state index contributed by atoms with van der Waals surface area (Å²) < 4.78 is 5.14. The Morgan fingerprint density at radius 1 is 1.42 bits per heavy atom. The van der Waals surface area contributed by atoms with Crippen LogP contribution >= 0.6 is 0 Å². The molecule has 2 rings (SSSR count). The van der Waals surface area contributed by atoms with E-state index in [1.165, 1.54) is 0 Å². The summed E-state index contributed by atoms with van der Waals surface area (Å²) in [7, 11) is 1.65. The summed E-state index contributed by atoms with van der Waals surface area (Å²) in [5.41, 5.74) is 1.68. The van der Waals surface area contributed by atoms with Crippen molar-refractivity contribution in [2.75, 3.05) is 13.7 Å². The first-order chi connectivity index (χ1) is 9.26. The molecule has 0 spiro atoms. The van der Waals surface area contributed by atoms with Crippen molar-refractivity contribution in [3.05, 3.63) is 36.0 Å². The lowest BCUT2D eigenvalue weighted by molar-refractivity contribution is 0.0893. The highest BCUT2D eigenvalue weighted by molar-refractivity contribution is 6.06. The van der Waals surface area contributed by atoms with Crippen molar-refractivity contribution < 1.29 is 9.53 Å². The number of fused-ring (bicyclic) bond motifs is 1. The number of H-pyrrole nitrogens is 1. The zero-order chi connectivity index (χ0) is 13.7. The number of aromatic amines is 1. The molecule has 1 amide bonds. The van der Waals surface area contributed by atoms with E-state index in [1.54, 1.807) is 7.11 Å². The molecule has 0 saturated carbocycles. The van der Waals surface area contributed by atoms with Gasteiger partial charge in [0.2, 0.25) is 0 Å². The molecule has 1 heterocycles. The van der Waals surface area contributed by atoms with Crippen molar-refractivity contribution >= 4 is 16.8 Å². The number of carbonyl (C=O) groups is 1. The minimum absolute atomic E-state index is 0.0410. The van der Waals surface area contributed by atoms with Crippen molar-refractivity contribution in [2.45, 2.75) is 25.8 Å². The number of amides is 1. The van der Waals surface area contributed by atoms with Crippen LogP contribution in [0.4, 0.5) is 0 Å². The largest absolute Gasteiger partial charge is 0.383 e. The smallest absolute Gasteiger partial charge is 0.252 e. The van der Waals surface area contributed by atoms with Gasteiger partial charge < -0.3 is 15.0 Å². The van der Waals surface area contributed by atoms with Gasteiger partial charge in [-0.2, -0.15) is 0 Å². The molecule has 1 aromatic heterocycles. The molecule has 0 aliphatic heterocycles. The summed E-state index contributed by atoms with van der Waals surface area (Å²) in [4.78, 5) is 15.4. The van der Waals surface area contributed by atoms with Gasteiger partial charge in [0, 0.05) is 29.8 Å². The molecule has 0 saturated heterocycles. The van der Waals surface area contributed by atoms with Crippen LogP contribution in [0.3, 0.4) is 0 Å². The second-order valence-electron chi connectivity index (χ2n) is 4.66. The lowest BCUT2D eigenvalue weighted by Gasteiger charge is -2.17. The third kappa shape index (κ3) is 3.15. The van der Waals surface area contributed by atoms with E-state index in [0.717, 1.165) is 23.7 Å². The summed E-state index contributed by atoms with van der Waals surface area (Å²) in [6.07, 6.45) is 3.78. The second kappa shape index (κ2) is 6.38. The van der Waals surface area contributed by atoms with Gasteiger partial charge >= 0.3 is 0 Å². The van der Waals surface area contributed by atoms with Crippen LogP contribution in [0.2, 0.25) is 0 Å². The van der Waals surface area contributed by atoms with E-state index in [0.29, 0.717) is 12.2 Å².